The van der Waals surface area contributed by atoms with E-state index in [1.165, 1.54) is 6.33 Å². The molecule has 0 fully saturated rings. The van der Waals surface area contributed by atoms with Crippen molar-refractivity contribution < 1.29 is 9.59 Å². The molecule has 0 spiro atoms. The number of benzene rings is 1. The van der Waals surface area contributed by atoms with Gasteiger partial charge in [-0.3, -0.25) is 9.59 Å². The molecule has 0 atom stereocenters. The minimum atomic E-state index is -0.472. The third-order valence-corrected chi connectivity index (χ3v) is 3.73. The molecule has 0 radical (unpaired) electrons. The van der Waals surface area contributed by atoms with Gasteiger partial charge in [0, 0.05) is 42.9 Å². The number of hydrogen-bond donors (Lipinski definition) is 4. The molecule has 1 aromatic carbocycles. The topological polar surface area (TPSA) is 108 Å². The number of carbonyl (C=O) groups excluding carboxylic acids is 2. The Bertz CT molecular complexity index is 784. The maximum absolute atomic E-state index is 12.2. The molecule has 0 saturated heterocycles. The van der Waals surface area contributed by atoms with Gasteiger partial charge >= 0.3 is 0 Å². The first-order chi connectivity index (χ1) is 12.8. The standard InChI is InChI=1S/C19H26N6O2/c1-19(2,3)18(27)25-14-7-5-13(6-8-14)17(26)22-10-9-21-16-11-15(20-4)23-12-24-16/h5-8,11-12H,9-10H2,1-4H3,(H,22,26)(H,25,27)(H2,20,21,23,24). The predicted octanol–water partition coefficient (Wildman–Crippen LogP) is 2.34. The molecule has 0 bridgehead atoms. The molecular weight excluding hydrogens is 344 g/mol. The van der Waals surface area contributed by atoms with Crippen molar-refractivity contribution in [3.05, 3.63) is 42.2 Å². The van der Waals surface area contributed by atoms with Gasteiger partial charge in [0.05, 0.1) is 0 Å². The number of rotatable bonds is 7. The summed E-state index contributed by atoms with van der Waals surface area (Å²) in [7, 11) is 1.78. The molecule has 0 saturated carbocycles. The minimum Gasteiger partial charge on any atom is -0.373 e. The Hall–Kier alpha value is -3.16. The summed E-state index contributed by atoms with van der Waals surface area (Å²) >= 11 is 0. The summed E-state index contributed by atoms with van der Waals surface area (Å²) in [5.74, 6) is 1.15. The molecular formula is C19H26N6O2. The van der Waals surface area contributed by atoms with Gasteiger partial charge in [0.25, 0.3) is 5.91 Å². The third kappa shape index (κ3) is 6.25. The van der Waals surface area contributed by atoms with Crippen molar-refractivity contribution in [2.45, 2.75) is 20.8 Å². The van der Waals surface area contributed by atoms with Crippen molar-refractivity contribution in [3.63, 3.8) is 0 Å². The molecule has 2 amide bonds. The summed E-state index contributed by atoms with van der Waals surface area (Å²) in [5, 5.41) is 11.7. The molecule has 2 aromatic rings. The zero-order chi connectivity index (χ0) is 19.9. The van der Waals surface area contributed by atoms with Gasteiger partial charge in [0.1, 0.15) is 18.0 Å². The first kappa shape index (κ1) is 20.2. The number of aromatic nitrogens is 2. The zero-order valence-corrected chi connectivity index (χ0v) is 16.1. The molecule has 0 aliphatic heterocycles. The highest BCUT2D eigenvalue weighted by Gasteiger charge is 2.21. The maximum Gasteiger partial charge on any atom is 0.251 e. The average molecular weight is 370 g/mol. The molecule has 1 heterocycles. The summed E-state index contributed by atoms with van der Waals surface area (Å²) in [6, 6.07) is 8.59. The second-order valence-corrected chi connectivity index (χ2v) is 7.00. The van der Waals surface area contributed by atoms with Crippen LogP contribution in [0.25, 0.3) is 0 Å². The van der Waals surface area contributed by atoms with Crippen LogP contribution in [0.5, 0.6) is 0 Å². The number of hydrogen-bond acceptors (Lipinski definition) is 6. The molecule has 0 aliphatic carbocycles. The molecule has 8 nitrogen and oxygen atoms in total. The summed E-state index contributed by atoms with van der Waals surface area (Å²) in [4.78, 5) is 32.3. The Kier molecular flexibility index (Phi) is 6.70. The lowest BCUT2D eigenvalue weighted by molar-refractivity contribution is -0.123. The fraction of sp³-hybridized carbons (Fsp3) is 0.368. The molecule has 27 heavy (non-hydrogen) atoms. The Labute approximate surface area is 159 Å². The van der Waals surface area contributed by atoms with Crippen molar-refractivity contribution in [1.29, 1.82) is 0 Å². The second-order valence-electron chi connectivity index (χ2n) is 7.00. The van der Waals surface area contributed by atoms with Crippen molar-refractivity contribution in [1.82, 2.24) is 15.3 Å². The fourth-order valence-electron chi connectivity index (χ4n) is 2.08. The van der Waals surface area contributed by atoms with Crippen LogP contribution in [-0.4, -0.2) is 41.9 Å². The summed E-state index contributed by atoms with van der Waals surface area (Å²) in [6.07, 6.45) is 1.47. The van der Waals surface area contributed by atoms with Gasteiger partial charge < -0.3 is 21.3 Å². The van der Waals surface area contributed by atoms with Crippen LogP contribution in [0.15, 0.2) is 36.7 Å². The number of nitrogens with one attached hydrogen (secondary N) is 4. The highest BCUT2D eigenvalue weighted by Crippen LogP contribution is 2.17. The highest BCUT2D eigenvalue weighted by atomic mass is 16.2. The molecule has 144 valence electrons. The Morgan fingerprint density at radius 3 is 2.30 bits per heavy atom. The third-order valence-electron chi connectivity index (χ3n) is 3.73. The van der Waals surface area contributed by atoms with Gasteiger partial charge in [0.15, 0.2) is 0 Å². The number of amides is 2. The molecule has 0 aliphatic rings. The number of carbonyl (C=O) groups is 2. The summed E-state index contributed by atoms with van der Waals surface area (Å²) in [5.41, 5.74) is 0.723. The van der Waals surface area contributed by atoms with E-state index < -0.39 is 5.41 Å². The van der Waals surface area contributed by atoms with Crippen LogP contribution in [0, 0.1) is 5.41 Å². The lowest BCUT2D eigenvalue weighted by Gasteiger charge is -2.17. The smallest absolute Gasteiger partial charge is 0.251 e. The van der Waals surface area contributed by atoms with Crippen LogP contribution in [0.4, 0.5) is 17.3 Å². The molecule has 4 N–H and O–H groups in total. The highest BCUT2D eigenvalue weighted by molar-refractivity contribution is 5.97. The molecule has 1 aromatic heterocycles. The van der Waals surface area contributed by atoms with Gasteiger partial charge in [0.2, 0.25) is 5.91 Å². The van der Waals surface area contributed by atoms with E-state index in [1.54, 1.807) is 37.4 Å². The Balaban J connectivity index is 1.79. The molecule has 2 rings (SSSR count). The van der Waals surface area contributed by atoms with E-state index >= 15 is 0 Å². The average Bonchev–Trinajstić information content (AvgIpc) is 2.65. The molecule has 0 unspecified atom stereocenters. The molecule has 8 heteroatoms. The second kappa shape index (κ2) is 8.98. The summed E-state index contributed by atoms with van der Waals surface area (Å²) < 4.78 is 0. The number of nitrogens with zero attached hydrogens (tertiary/aromatic N) is 2. The Morgan fingerprint density at radius 2 is 1.67 bits per heavy atom. The van der Waals surface area contributed by atoms with Gasteiger partial charge in [-0.15, -0.1) is 0 Å². The minimum absolute atomic E-state index is 0.0723. The van der Waals surface area contributed by atoms with Crippen molar-refractivity contribution >= 4 is 29.1 Å². The SMILES string of the molecule is CNc1cc(NCCNC(=O)c2ccc(NC(=O)C(C)(C)C)cc2)ncn1. The lowest BCUT2D eigenvalue weighted by Crippen LogP contribution is -2.29. The van der Waals surface area contributed by atoms with E-state index in [2.05, 4.69) is 31.2 Å². The Morgan fingerprint density at radius 1 is 1.00 bits per heavy atom. The van der Waals surface area contributed by atoms with Crippen LogP contribution in [0.2, 0.25) is 0 Å². The van der Waals surface area contributed by atoms with Gasteiger partial charge in [-0.1, -0.05) is 20.8 Å². The largest absolute Gasteiger partial charge is 0.373 e. The van der Waals surface area contributed by atoms with Crippen molar-refractivity contribution in [3.8, 4) is 0 Å². The van der Waals surface area contributed by atoms with Gasteiger partial charge in [-0.2, -0.15) is 0 Å². The van der Waals surface area contributed by atoms with Gasteiger partial charge in [-0.25, -0.2) is 9.97 Å². The fourth-order valence-corrected chi connectivity index (χ4v) is 2.08. The van der Waals surface area contributed by atoms with Gasteiger partial charge in [-0.05, 0) is 24.3 Å². The summed E-state index contributed by atoms with van der Waals surface area (Å²) in [6.45, 7) is 6.52. The number of anilines is 3. The predicted molar refractivity (Wildman–Crippen MR) is 107 cm³/mol. The van der Waals surface area contributed by atoms with Crippen LogP contribution >= 0.6 is 0 Å². The van der Waals surface area contributed by atoms with Crippen LogP contribution in [0.3, 0.4) is 0 Å². The van der Waals surface area contributed by atoms with Crippen LogP contribution in [-0.2, 0) is 4.79 Å². The normalized spacial score (nSPS) is 10.8. The van der Waals surface area contributed by atoms with E-state index in [-0.39, 0.29) is 11.8 Å². The van der Waals surface area contributed by atoms with E-state index in [9.17, 15) is 9.59 Å². The van der Waals surface area contributed by atoms with E-state index in [0.717, 1.165) is 5.82 Å². The van der Waals surface area contributed by atoms with Crippen LogP contribution in [0.1, 0.15) is 31.1 Å². The lowest BCUT2D eigenvalue weighted by atomic mass is 9.95. The van der Waals surface area contributed by atoms with E-state index in [4.69, 9.17) is 0 Å². The first-order valence-corrected chi connectivity index (χ1v) is 8.73. The first-order valence-electron chi connectivity index (χ1n) is 8.73. The maximum atomic E-state index is 12.2. The van der Waals surface area contributed by atoms with Crippen molar-refractivity contribution in [2.75, 3.05) is 36.1 Å². The van der Waals surface area contributed by atoms with Crippen molar-refractivity contribution in [2.24, 2.45) is 5.41 Å². The zero-order valence-electron chi connectivity index (χ0n) is 16.1. The monoisotopic (exact) mass is 370 g/mol. The van der Waals surface area contributed by atoms with Crippen LogP contribution < -0.4 is 21.3 Å². The van der Waals surface area contributed by atoms with E-state index in [1.807, 2.05) is 20.8 Å². The quantitative estimate of drug-likeness (QED) is 0.557. The van der Waals surface area contributed by atoms with E-state index in [0.29, 0.717) is 30.2 Å².